The Morgan fingerprint density at radius 2 is 1.88 bits per heavy atom. The van der Waals surface area contributed by atoms with Gasteiger partial charge in [-0.25, -0.2) is 10.3 Å². The average Bonchev–Trinajstić information content (AvgIpc) is 2.15. The van der Waals surface area contributed by atoms with Gasteiger partial charge in [0, 0.05) is 20.0 Å². The van der Waals surface area contributed by atoms with E-state index in [4.69, 9.17) is 4.74 Å². The predicted molar refractivity (Wildman–Crippen MR) is 63.2 cm³/mol. The Labute approximate surface area is 102 Å². The van der Waals surface area contributed by atoms with Gasteiger partial charge in [0.2, 0.25) is 5.91 Å². The second-order valence-corrected chi connectivity index (χ2v) is 4.73. The van der Waals surface area contributed by atoms with E-state index >= 15 is 0 Å². The molecular weight excluding hydrogens is 224 g/mol. The zero-order valence-corrected chi connectivity index (χ0v) is 11.2. The normalized spacial score (nSPS) is 10.9. The summed E-state index contributed by atoms with van der Waals surface area (Å²) in [5, 5.41) is 0. The first-order valence-electron chi connectivity index (χ1n) is 5.52. The third-order valence-electron chi connectivity index (χ3n) is 1.82. The summed E-state index contributed by atoms with van der Waals surface area (Å²) in [6.45, 7) is 5.90. The summed E-state index contributed by atoms with van der Waals surface area (Å²) < 4.78 is 5.17. The zero-order chi connectivity index (χ0) is 13.5. The fourth-order valence-electron chi connectivity index (χ4n) is 1.07. The molecule has 0 atom stereocenters. The average molecular weight is 246 g/mol. The second-order valence-electron chi connectivity index (χ2n) is 4.73. The molecule has 2 amide bonds. The highest BCUT2D eigenvalue weighted by molar-refractivity contribution is 5.74. The zero-order valence-electron chi connectivity index (χ0n) is 11.2. The lowest BCUT2D eigenvalue weighted by Crippen LogP contribution is -2.35. The van der Waals surface area contributed by atoms with Crippen molar-refractivity contribution in [2.75, 3.05) is 20.7 Å². The van der Waals surface area contributed by atoms with Crippen molar-refractivity contribution in [3.8, 4) is 0 Å². The Morgan fingerprint density at radius 1 is 1.29 bits per heavy atom. The minimum absolute atomic E-state index is 0.204. The number of hydroxylamine groups is 1. The maximum Gasteiger partial charge on any atom is 0.410 e. The van der Waals surface area contributed by atoms with Gasteiger partial charge in [-0.2, -0.15) is 0 Å². The molecule has 17 heavy (non-hydrogen) atoms. The van der Waals surface area contributed by atoms with Crippen molar-refractivity contribution in [3.63, 3.8) is 0 Å². The van der Waals surface area contributed by atoms with Crippen molar-refractivity contribution in [1.82, 2.24) is 10.4 Å². The molecule has 0 spiro atoms. The number of nitrogens with zero attached hydrogens (tertiary/aromatic N) is 1. The number of hydrogen-bond acceptors (Lipinski definition) is 4. The predicted octanol–water partition coefficient (Wildman–Crippen LogP) is 1.31. The van der Waals surface area contributed by atoms with Gasteiger partial charge in [0.25, 0.3) is 0 Å². The number of ether oxygens (including phenoxy) is 1. The van der Waals surface area contributed by atoms with Crippen molar-refractivity contribution in [2.45, 2.75) is 39.2 Å². The van der Waals surface area contributed by atoms with Gasteiger partial charge in [0.15, 0.2) is 0 Å². The molecule has 0 aliphatic carbocycles. The van der Waals surface area contributed by atoms with E-state index in [9.17, 15) is 9.59 Å². The van der Waals surface area contributed by atoms with Gasteiger partial charge in [0.05, 0.1) is 7.11 Å². The van der Waals surface area contributed by atoms with E-state index < -0.39 is 5.60 Å². The van der Waals surface area contributed by atoms with E-state index in [0.29, 0.717) is 19.4 Å². The molecule has 0 fully saturated rings. The molecule has 0 rings (SSSR count). The van der Waals surface area contributed by atoms with E-state index in [-0.39, 0.29) is 12.0 Å². The van der Waals surface area contributed by atoms with Crippen molar-refractivity contribution in [1.29, 1.82) is 0 Å². The first-order chi connectivity index (χ1) is 7.76. The highest BCUT2D eigenvalue weighted by Gasteiger charge is 2.19. The third kappa shape index (κ3) is 8.50. The van der Waals surface area contributed by atoms with Crippen LogP contribution in [0, 0.1) is 0 Å². The first kappa shape index (κ1) is 15.7. The number of amides is 2. The van der Waals surface area contributed by atoms with Gasteiger partial charge in [-0.1, -0.05) is 0 Å². The molecule has 0 aliphatic heterocycles. The van der Waals surface area contributed by atoms with Gasteiger partial charge in [-0.3, -0.25) is 9.63 Å². The van der Waals surface area contributed by atoms with Crippen LogP contribution in [0.15, 0.2) is 0 Å². The van der Waals surface area contributed by atoms with Crippen LogP contribution >= 0.6 is 0 Å². The van der Waals surface area contributed by atoms with E-state index in [1.807, 2.05) is 20.8 Å². The second kappa shape index (κ2) is 7.11. The smallest absolute Gasteiger partial charge is 0.410 e. The maximum absolute atomic E-state index is 11.5. The first-order valence-corrected chi connectivity index (χ1v) is 5.52. The van der Waals surface area contributed by atoms with Crippen molar-refractivity contribution in [2.24, 2.45) is 0 Å². The lowest BCUT2D eigenvalue weighted by Gasteiger charge is -2.24. The summed E-state index contributed by atoms with van der Waals surface area (Å²) in [6, 6.07) is 0. The quantitative estimate of drug-likeness (QED) is 0.743. The Kier molecular flexibility index (Phi) is 6.57. The Balaban J connectivity index is 3.82. The highest BCUT2D eigenvalue weighted by atomic mass is 16.6. The number of hydrogen-bond donors (Lipinski definition) is 1. The molecule has 0 unspecified atom stereocenters. The Morgan fingerprint density at radius 3 is 2.35 bits per heavy atom. The van der Waals surface area contributed by atoms with Gasteiger partial charge >= 0.3 is 6.09 Å². The molecule has 0 bridgehead atoms. The van der Waals surface area contributed by atoms with Crippen LogP contribution < -0.4 is 5.48 Å². The monoisotopic (exact) mass is 246 g/mol. The van der Waals surface area contributed by atoms with Crippen molar-refractivity contribution >= 4 is 12.0 Å². The molecule has 6 nitrogen and oxygen atoms in total. The van der Waals surface area contributed by atoms with Gasteiger partial charge in [-0.05, 0) is 27.2 Å². The van der Waals surface area contributed by atoms with E-state index in [2.05, 4.69) is 10.3 Å². The molecular formula is C11H22N2O4. The number of nitrogens with one attached hydrogen (secondary N) is 1. The minimum atomic E-state index is -0.501. The summed E-state index contributed by atoms with van der Waals surface area (Å²) in [5.41, 5.74) is 1.71. The fourth-order valence-corrected chi connectivity index (χ4v) is 1.07. The fraction of sp³-hybridized carbons (Fsp3) is 0.818. The molecule has 0 aromatic rings. The van der Waals surface area contributed by atoms with Crippen LogP contribution in [0.1, 0.15) is 33.6 Å². The molecule has 0 heterocycles. The molecule has 0 radical (unpaired) electrons. The highest BCUT2D eigenvalue weighted by Crippen LogP contribution is 2.09. The van der Waals surface area contributed by atoms with Gasteiger partial charge < -0.3 is 9.64 Å². The standard InChI is InChI=1S/C11H22N2O4/c1-11(2,3)17-10(15)13(4)8-6-7-9(14)12-16-5/h6-8H2,1-5H3,(H,12,14). The number of carbonyl (C=O) groups excluding carboxylic acids is 2. The molecule has 0 aromatic heterocycles. The molecule has 100 valence electrons. The van der Waals surface area contributed by atoms with Crippen LogP contribution in [-0.4, -0.2) is 43.2 Å². The maximum atomic E-state index is 11.5. The van der Waals surface area contributed by atoms with Crippen LogP contribution in [0.4, 0.5) is 4.79 Å². The van der Waals surface area contributed by atoms with Crippen LogP contribution in [0.5, 0.6) is 0 Å². The summed E-state index contributed by atoms with van der Waals surface area (Å²) in [7, 11) is 3.02. The number of rotatable bonds is 5. The largest absolute Gasteiger partial charge is 0.444 e. The summed E-state index contributed by atoms with van der Waals surface area (Å²) >= 11 is 0. The number of carbonyl (C=O) groups is 2. The van der Waals surface area contributed by atoms with Crippen LogP contribution in [0.25, 0.3) is 0 Å². The molecule has 1 N–H and O–H groups in total. The Hall–Kier alpha value is -1.30. The lowest BCUT2D eigenvalue weighted by molar-refractivity contribution is -0.131. The summed E-state index contributed by atoms with van der Waals surface area (Å²) in [6.07, 6.45) is 0.482. The van der Waals surface area contributed by atoms with Gasteiger partial charge in [0.1, 0.15) is 5.60 Å². The molecule has 0 saturated carbocycles. The minimum Gasteiger partial charge on any atom is -0.444 e. The van der Waals surface area contributed by atoms with Gasteiger partial charge in [-0.15, -0.1) is 0 Å². The van der Waals surface area contributed by atoms with Crippen LogP contribution in [-0.2, 0) is 14.4 Å². The summed E-state index contributed by atoms with van der Waals surface area (Å²) in [4.78, 5) is 28.5. The van der Waals surface area contributed by atoms with Crippen LogP contribution in [0.2, 0.25) is 0 Å². The lowest BCUT2D eigenvalue weighted by atomic mass is 10.2. The summed E-state index contributed by atoms with van der Waals surface area (Å²) in [5.74, 6) is -0.204. The molecule has 6 heteroatoms. The molecule has 0 aromatic carbocycles. The third-order valence-corrected chi connectivity index (χ3v) is 1.82. The topological polar surface area (TPSA) is 67.9 Å². The van der Waals surface area contributed by atoms with E-state index in [1.165, 1.54) is 12.0 Å². The molecule has 0 aliphatic rings. The molecule has 0 saturated heterocycles. The Bertz CT molecular complexity index is 261. The van der Waals surface area contributed by atoms with E-state index in [1.54, 1.807) is 7.05 Å². The van der Waals surface area contributed by atoms with Crippen molar-refractivity contribution in [3.05, 3.63) is 0 Å². The van der Waals surface area contributed by atoms with Crippen molar-refractivity contribution < 1.29 is 19.2 Å². The van der Waals surface area contributed by atoms with E-state index in [0.717, 1.165) is 0 Å². The SMILES string of the molecule is CONC(=O)CCCN(C)C(=O)OC(C)(C)C. The van der Waals surface area contributed by atoms with Crippen LogP contribution in [0.3, 0.4) is 0 Å².